The Bertz CT molecular complexity index is 129. The summed E-state index contributed by atoms with van der Waals surface area (Å²) < 4.78 is 0. The van der Waals surface area contributed by atoms with Crippen molar-refractivity contribution in [3.63, 3.8) is 0 Å². The third kappa shape index (κ3) is 1.30. The largest absolute Gasteiger partial charge is 0.402 e. The molecule has 44 valence electrons. The lowest BCUT2D eigenvalue weighted by molar-refractivity contribution is 0.934. The number of thiol groups is 1. The molecule has 0 saturated heterocycles. The second-order valence-electron chi connectivity index (χ2n) is 1.90. The van der Waals surface area contributed by atoms with Gasteiger partial charge in [0.15, 0.2) is 0 Å². The first-order valence-corrected chi connectivity index (χ1v) is 3.08. The van der Waals surface area contributed by atoms with E-state index < -0.39 is 0 Å². The SMILES string of the molecule is NC1=CC=C(S)CC1. The highest BCUT2D eigenvalue weighted by Crippen LogP contribution is 2.16. The summed E-state index contributed by atoms with van der Waals surface area (Å²) in [5.41, 5.74) is 6.44. The Morgan fingerprint density at radius 2 is 2.12 bits per heavy atom. The average Bonchev–Trinajstić information content (AvgIpc) is 1.77. The van der Waals surface area contributed by atoms with Gasteiger partial charge in [0.1, 0.15) is 0 Å². The molecule has 8 heavy (non-hydrogen) atoms. The van der Waals surface area contributed by atoms with Gasteiger partial charge in [-0.2, -0.15) is 0 Å². The molecule has 0 unspecified atom stereocenters. The summed E-state index contributed by atoms with van der Waals surface area (Å²) in [5, 5.41) is 0. The van der Waals surface area contributed by atoms with Crippen LogP contribution in [0.4, 0.5) is 0 Å². The van der Waals surface area contributed by atoms with Crippen LogP contribution < -0.4 is 5.73 Å². The van der Waals surface area contributed by atoms with Crippen molar-refractivity contribution in [1.29, 1.82) is 0 Å². The summed E-state index contributed by atoms with van der Waals surface area (Å²) in [5.74, 6) is 0. The number of rotatable bonds is 0. The van der Waals surface area contributed by atoms with E-state index >= 15 is 0 Å². The lowest BCUT2D eigenvalue weighted by Gasteiger charge is -2.04. The molecular formula is C6H9NS. The fraction of sp³-hybridized carbons (Fsp3) is 0.333. The van der Waals surface area contributed by atoms with E-state index in [1.807, 2.05) is 12.2 Å². The molecule has 1 rings (SSSR count). The van der Waals surface area contributed by atoms with Crippen molar-refractivity contribution in [2.45, 2.75) is 12.8 Å². The van der Waals surface area contributed by atoms with Gasteiger partial charge < -0.3 is 5.73 Å². The van der Waals surface area contributed by atoms with Gasteiger partial charge in [-0.1, -0.05) is 6.08 Å². The maximum Gasteiger partial charge on any atom is 0.00842 e. The quantitative estimate of drug-likeness (QED) is 0.473. The molecule has 1 aliphatic carbocycles. The predicted octanol–water partition coefficient (Wildman–Crippen LogP) is 1.44. The molecule has 0 aliphatic heterocycles. The van der Waals surface area contributed by atoms with E-state index in [-0.39, 0.29) is 0 Å². The second-order valence-corrected chi connectivity index (χ2v) is 2.47. The van der Waals surface area contributed by atoms with Crippen molar-refractivity contribution in [3.8, 4) is 0 Å². The Labute approximate surface area is 54.7 Å². The van der Waals surface area contributed by atoms with Gasteiger partial charge in [0.2, 0.25) is 0 Å². The van der Waals surface area contributed by atoms with Crippen LogP contribution in [-0.4, -0.2) is 0 Å². The number of hydrogen-bond donors (Lipinski definition) is 2. The summed E-state index contributed by atoms with van der Waals surface area (Å²) in [6, 6.07) is 0. The maximum atomic E-state index is 5.48. The Morgan fingerprint density at radius 3 is 2.50 bits per heavy atom. The van der Waals surface area contributed by atoms with Crippen LogP contribution in [0.25, 0.3) is 0 Å². The van der Waals surface area contributed by atoms with Crippen LogP contribution in [0.5, 0.6) is 0 Å². The highest BCUT2D eigenvalue weighted by molar-refractivity contribution is 7.84. The summed E-state index contributed by atoms with van der Waals surface area (Å²) in [4.78, 5) is 1.12. The number of hydrogen-bond acceptors (Lipinski definition) is 2. The fourth-order valence-electron chi connectivity index (χ4n) is 0.642. The van der Waals surface area contributed by atoms with Crippen molar-refractivity contribution in [3.05, 3.63) is 22.8 Å². The van der Waals surface area contributed by atoms with Crippen molar-refractivity contribution in [2.24, 2.45) is 5.73 Å². The van der Waals surface area contributed by atoms with Crippen LogP contribution in [0, 0.1) is 0 Å². The van der Waals surface area contributed by atoms with Gasteiger partial charge in [0, 0.05) is 5.70 Å². The van der Waals surface area contributed by atoms with Crippen molar-refractivity contribution < 1.29 is 0 Å². The molecule has 0 saturated carbocycles. The third-order valence-electron chi connectivity index (χ3n) is 1.16. The molecule has 2 heteroatoms. The fourth-order valence-corrected chi connectivity index (χ4v) is 0.829. The van der Waals surface area contributed by atoms with Crippen molar-refractivity contribution in [2.75, 3.05) is 0 Å². The second kappa shape index (κ2) is 2.27. The van der Waals surface area contributed by atoms with E-state index in [0.717, 1.165) is 23.4 Å². The molecule has 0 spiro atoms. The summed E-state index contributed by atoms with van der Waals surface area (Å²) >= 11 is 4.16. The first-order valence-electron chi connectivity index (χ1n) is 2.63. The molecule has 0 radical (unpaired) electrons. The average molecular weight is 127 g/mol. The molecule has 1 aliphatic rings. The number of allylic oxidation sites excluding steroid dienone is 4. The Balaban J connectivity index is 2.65. The first kappa shape index (κ1) is 5.76. The van der Waals surface area contributed by atoms with Crippen LogP contribution in [-0.2, 0) is 0 Å². The summed E-state index contributed by atoms with van der Waals surface area (Å²) in [6.45, 7) is 0. The minimum atomic E-state index is 0.961. The maximum absolute atomic E-state index is 5.48. The van der Waals surface area contributed by atoms with Gasteiger partial charge >= 0.3 is 0 Å². The molecule has 0 bridgehead atoms. The lowest BCUT2D eigenvalue weighted by Crippen LogP contribution is -1.99. The summed E-state index contributed by atoms with van der Waals surface area (Å²) in [7, 11) is 0. The van der Waals surface area contributed by atoms with E-state index in [4.69, 9.17) is 5.73 Å². The van der Waals surface area contributed by atoms with Gasteiger partial charge in [0.05, 0.1) is 0 Å². The minimum absolute atomic E-state index is 0.961. The van der Waals surface area contributed by atoms with Crippen LogP contribution >= 0.6 is 12.6 Å². The zero-order valence-electron chi connectivity index (χ0n) is 4.59. The van der Waals surface area contributed by atoms with Gasteiger partial charge in [-0.05, 0) is 23.8 Å². The molecule has 0 aromatic rings. The van der Waals surface area contributed by atoms with Crippen LogP contribution in [0.15, 0.2) is 22.8 Å². The van der Waals surface area contributed by atoms with Crippen LogP contribution in [0.3, 0.4) is 0 Å². The highest BCUT2D eigenvalue weighted by atomic mass is 32.1. The predicted molar refractivity (Wildman–Crippen MR) is 38.6 cm³/mol. The van der Waals surface area contributed by atoms with E-state index in [1.165, 1.54) is 0 Å². The van der Waals surface area contributed by atoms with Gasteiger partial charge in [-0.25, -0.2) is 0 Å². The lowest BCUT2D eigenvalue weighted by atomic mass is 10.1. The van der Waals surface area contributed by atoms with E-state index in [0.29, 0.717) is 0 Å². The van der Waals surface area contributed by atoms with Gasteiger partial charge in [-0.15, -0.1) is 12.6 Å². The minimum Gasteiger partial charge on any atom is -0.402 e. The smallest absolute Gasteiger partial charge is 0.00842 e. The zero-order chi connectivity index (χ0) is 5.98. The molecule has 0 aromatic carbocycles. The van der Waals surface area contributed by atoms with Crippen LogP contribution in [0.1, 0.15) is 12.8 Å². The molecule has 2 N–H and O–H groups in total. The zero-order valence-corrected chi connectivity index (χ0v) is 5.49. The number of nitrogens with two attached hydrogens (primary N) is 1. The topological polar surface area (TPSA) is 26.0 Å². The van der Waals surface area contributed by atoms with Crippen molar-refractivity contribution >= 4 is 12.6 Å². The molecular weight excluding hydrogens is 118 g/mol. The molecule has 0 heterocycles. The molecule has 0 atom stereocenters. The van der Waals surface area contributed by atoms with Gasteiger partial charge in [0.25, 0.3) is 0 Å². The van der Waals surface area contributed by atoms with Crippen LogP contribution in [0.2, 0.25) is 0 Å². The van der Waals surface area contributed by atoms with E-state index in [2.05, 4.69) is 12.6 Å². The Morgan fingerprint density at radius 1 is 1.38 bits per heavy atom. The van der Waals surface area contributed by atoms with Crippen molar-refractivity contribution in [1.82, 2.24) is 0 Å². The monoisotopic (exact) mass is 127 g/mol. The van der Waals surface area contributed by atoms with Gasteiger partial charge in [-0.3, -0.25) is 0 Å². The normalized spacial score (nSPS) is 19.6. The Kier molecular flexibility index (Phi) is 1.63. The van der Waals surface area contributed by atoms with E-state index in [9.17, 15) is 0 Å². The molecule has 1 nitrogen and oxygen atoms in total. The standard InChI is InChI=1S/C6H9NS/c7-5-1-3-6(8)4-2-5/h1,3,8H,2,4,7H2. The summed E-state index contributed by atoms with van der Waals surface area (Å²) in [6.07, 6.45) is 5.83. The third-order valence-corrected chi connectivity index (χ3v) is 1.53. The molecule has 0 fully saturated rings. The highest BCUT2D eigenvalue weighted by Gasteiger charge is 1.97. The molecule has 0 aromatic heterocycles. The first-order chi connectivity index (χ1) is 3.79. The Hall–Kier alpha value is -0.370. The molecule has 0 amide bonds. The van der Waals surface area contributed by atoms with E-state index in [1.54, 1.807) is 0 Å².